The number of benzene rings is 2. The lowest BCUT2D eigenvalue weighted by atomic mass is 9.79. The van der Waals surface area contributed by atoms with Crippen molar-refractivity contribution in [1.29, 1.82) is 0 Å². The Labute approximate surface area is 185 Å². The lowest BCUT2D eigenvalue weighted by Gasteiger charge is -2.36. The number of rotatable bonds is 7. The molecule has 0 bridgehead atoms. The van der Waals surface area contributed by atoms with Gasteiger partial charge in [-0.25, -0.2) is 9.59 Å². The number of ether oxygens (including phenoxy) is 1. The summed E-state index contributed by atoms with van der Waals surface area (Å²) in [4.78, 5) is 35.8. The van der Waals surface area contributed by atoms with Gasteiger partial charge >= 0.3 is 12.1 Å². The number of aliphatic hydroxyl groups excluding tert-OH is 1. The Morgan fingerprint density at radius 3 is 2.12 bits per heavy atom. The summed E-state index contributed by atoms with van der Waals surface area (Å²) >= 11 is 0. The van der Waals surface area contributed by atoms with E-state index in [4.69, 9.17) is 9.84 Å². The number of carboxylic acids is 1. The highest BCUT2D eigenvalue weighted by atomic mass is 16.5. The van der Waals surface area contributed by atoms with Crippen molar-refractivity contribution < 1.29 is 29.3 Å². The normalized spacial score (nSPS) is 20.8. The van der Waals surface area contributed by atoms with Crippen LogP contribution in [0.5, 0.6) is 0 Å². The summed E-state index contributed by atoms with van der Waals surface area (Å²) < 4.78 is 5.51. The molecule has 8 heteroatoms. The summed E-state index contributed by atoms with van der Waals surface area (Å²) in [6, 6.07) is 16.0. The molecule has 2 aromatic rings. The summed E-state index contributed by atoms with van der Waals surface area (Å²) in [5.41, 5.74) is 2.85. The van der Waals surface area contributed by atoms with E-state index >= 15 is 0 Å². The van der Waals surface area contributed by atoms with Crippen LogP contribution in [-0.2, 0) is 14.3 Å². The third kappa shape index (κ3) is 4.05. The SMILES string of the molecule is CC(CO)(NC(=O)C1CC(NC(=O)OCC2c3ccccc3-c3ccccc32)C1)C(=O)O. The Hall–Kier alpha value is -3.39. The van der Waals surface area contributed by atoms with E-state index in [0.717, 1.165) is 22.3 Å². The first-order valence-corrected chi connectivity index (χ1v) is 10.6. The third-order valence-electron chi connectivity index (χ3n) is 6.36. The van der Waals surface area contributed by atoms with E-state index in [1.807, 2.05) is 36.4 Å². The number of fused-ring (bicyclic) bond motifs is 3. The molecule has 168 valence electrons. The summed E-state index contributed by atoms with van der Waals surface area (Å²) in [5.74, 6) is -2.20. The van der Waals surface area contributed by atoms with Crippen LogP contribution in [0.2, 0.25) is 0 Å². The highest BCUT2D eigenvalue weighted by molar-refractivity contribution is 5.88. The molecule has 0 spiro atoms. The number of aliphatic hydroxyl groups is 1. The number of hydrogen-bond acceptors (Lipinski definition) is 5. The molecule has 4 N–H and O–H groups in total. The van der Waals surface area contributed by atoms with Gasteiger partial charge in [-0.05, 0) is 42.0 Å². The second-order valence-electron chi connectivity index (χ2n) is 8.62. The molecule has 0 aliphatic heterocycles. The minimum absolute atomic E-state index is 0.0276. The van der Waals surface area contributed by atoms with Gasteiger partial charge in [-0.15, -0.1) is 0 Å². The van der Waals surface area contributed by atoms with Crippen LogP contribution in [-0.4, -0.2) is 53.0 Å². The number of carboxylic acid groups (broad SMARTS) is 1. The first-order chi connectivity index (χ1) is 15.3. The number of nitrogens with one attached hydrogen (secondary N) is 2. The van der Waals surface area contributed by atoms with Gasteiger partial charge in [-0.1, -0.05) is 48.5 Å². The second kappa shape index (κ2) is 8.63. The van der Waals surface area contributed by atoms with E-state index in [-0.39, 0.29) is 18.6 Å². The minimum Gasteiger partial charge on any atom is -0.479 e. The van der Waals surface area contributed by atoms with E-state index in [1.165, 1.54) is 6.92 Å². The van der Waals surface area contributed by atoms with Gasteiger partial charge in [0.15, 0.2) is 5.54 Å². The van der Waals surface area contributed by atoms with Crippen molar-refractivity contribution in [1.82, 2.24) is 10.6 Å². The number of carbonyl (C=O) groups is 3. The molecule has 2 aliphatic rings. The predicted molar refractivity (Wildman–Crippen MR) is 116 cm³/mol. The fourth-order valence-electron chi connectivity index (χ4n) is 4.29. The Morgan fingerprint density at radius 1 is 1.03 bits per heavy atom. The molecular formula is C24H26N2O6. The molecule has 0 radical (unpaired) electrons. The monoisotopic (exact) mass is 438 g/mol. The van der Waals surface area contributed by atoms with Gasteiger partial charge in [0, 0.05) is 17.9 Å². The van der Waals surface area contributed by atoms with Crippen LogP contribution in [0.25, 0.3) is 11.1 Å². The molecule has 4 rings (SSSR count). The molecule has 1 atom stereocenters. The number of amides is 2. The van der Waals surface area contributed by atoms with Gasteiger partial charge in [-0.2, -0.15) is 0 Å². The molecule has 0 aromatic heterocycles. The van der Waals surface area contributed by atoms with Crippen molar-refractivity contribution in [2.75, 3.05) is 13.2 Å². The van der Waals surface area contributed by atoms with E-state index in [0.29, 0.717) is 12.8 Å². The molecule has 32 heavy (non-hydrogen) atoms. The fourth-order valence-corrected chi connectivity index (χ4v) is 4.29. The van der Waals surface area contributed by atoms with Crippen LogP contribution in [0.3, 0.4) is 0 Å². The number of aliphatic carboxylic acids is 1. The van der Waals surface area contributed by atoms with Gasteiger partial charge in [0.05, 0.1) is 6.61 Å². The summed E-state index contributed by atoms with van der Waals surface area (Å²) in [6.45, 7) is 0.754. The fraction of sp³-hybridized carbons (Fsp3) is 0.375. The molecule has 2 amide bonds. The van der Waals surface area contributed by atoms with Crippen LogP contribution in [0.1, 0.15) is 36.8 Å². The smallest absolute Gasteiger partial charge is 0.407 e. The van der Waals surface area contributed by atoms with E-state index in [2.05, 4.69) is 22.8 Å². The molecule has 0 heterocycles. The van der Waals surface area contributed by atoms with Crippen LogP contribution < -0.4 is 10.6 Å². The zero-order valence-corrected chi connectivity index (χ0v) is 17.7. The molecule has 1 fully saturated rings. The van der Waals surface area contributed by atoms with Crippen molar-refractivity contribution in [3.63, 3.8) is 0 Å². The number of alkyl carbamates (subject to hydrolysis) is 1. The highest BCUT2D eigenvalue weighted by Gasteiger charge is 2.41. The van der Waals surface area contributed by atoms with E-state index in [1.54, 1.807) is 0 Å². The van der Waals surface area contributed by atoms with Gasteiger partial charge in [0.25, 0.3) is 0 Å². The topological polar surface area (TPSA) is 125 Å². The Morgan fingerprint density at radius 2 is 1.59 bits per heavy atom. The highest BCUT2D eigenvalue weighted by Crippen LogP contribution is 2.44. The summed E-state index contributed by atoms with van der Waals surface area (Å²) in [7, 11) is 0. The Kier molecular flexibility index (Phi) is 5.88. The summed E-state index contributed by atoms with van der Waals surface area (Å²) in [6.07, 6.45) is 0.232. The quantitative estimate of drug-likeness (QED) is 0.526. The molecule has 1 unspecified atom stereocenters. The van der Waals surface area contributed by atoms with Crippen molar-refractivity contribution in [3.05, 3.63) is 59.7 Å². The van der Waals surface area contributed by atoms with Crippen molar-refractivity contribution >= 4 is 18.0 Å². The molecule has 8 nitrogen and oxygen atoms in total. The first kappa shape index (κ1) is 21.8. The number of carbonyl (C=O) groups excluding carboxylic acids is 2. The van der Waals surface area contributed by atoms with Crippen molar-refractivity contribution in [2.24, 2.45) is 5.92 Å². The lowest BCUT2D eigenvalue weighted by molar-refractivity contribution is -0.150. The maximum Gasteiger partial charge on any atom is 0.407 e. The van der Waals surface area contributed by atoms with Gasteiger partial charge < -0.3 is 25.6 Å². The Bertz CT molecular complexity index is 1000. The Balaban J connectivity index is 1.28. The second-order valence-corrected chi connectivity index (χ2v) is 8.62. The summed E-state index contributed by atoms with van der Waals surface area (Å²) in [5, 5.41) is 23.5. The minimum atomic E-state index is -1.72. The third-order valence-corrected chi connectivity index (χ3v) is 6.36. The van der Waals surface area contributed by atoms with Crippen LogP contribution in [0.15, 0.2) is 48.5 Å². The zero-order valence-electron chi connectivity index (χ0n) is 17.7. The maximum absolute atomic E-state index is 12.3. The average molecular weight is 438 g/mol. The predicted octanol–water partition coefficient (Wildman–Crippen LogP) is 2.26. The van der Waals surface area contributed by atoms with Gasteiger partial charge in [0.1, 0.15) is 6.61 Å². The lowest BCUT2D eigenvalue weighted by Crippen LogP contribution is -2.59. The number of hydrogen-bond donors (Lipinski definition) is 4. The van der Waals surface area contributed by atoms with Crippen LogP contribution in [0, 0.1) is 5.92 Å². The first-order valence-electron chi connectivity index (χ1n) is 10.6. The molecule has 2 aliphatic carbocycles. The van der Waals surface area contributed by atoms with Gasteiger partial charge in [0.2, 0.25) is 5.91 Å². The average Bonchev–Trinajstić information content (AvgIpc) is 3.08. The van der Waals surface area contributed by atoms with Crippen LogP contribution >= 0.6 is 0 Å². The standard InChI is InChI=1S/C24H26N2O6/c1-24(13-27,22(29)30)26-21(28)14-10-15(11-14)25-23(31)32-12-20-18-8-4-2-6-16(18)17-7-3-5-9-19(17)20/h2-9,14-15,20,27H,10-13H2,1H3,(H,25,31)(H,26,28)(H,29,30). The maximum atomic E-state index is 12.3. The molecule has 1 saturated carbocycles. The zero-order chi connectivity index (χ0) is 22.9. The van der Waals surface area contributed by atoms with Gasteiger partial charge in [-0.3, -0.25) is 4.79 Å². The van der Waals surface area contributed by atoms with E-state index < -0.39 is 36.0 Å². The van der Waals surface area contributed by atoms with Crippen molar-refractivity contribution in [2.45, 2.75) is 37.3 Å². The molecule has 0 saturated heterocycles. The molecular weight excluding hydrogens is 412 g/mol. The van der Waals surface area contributed by atoms with Crippen molar-refractivity contribution in [3.8, 4) is 11.1 Å². The largest absolute Gasteiger partial charge is 0.479 e. The van der Waals surface area contributed by atoms with Crippen LogP contribution in [0.4, 0.5) is 4.79 Å². The molecule has 2 aromatic carbocycles. The van der Waals surface area contributed by atoms with E-state index in [9.17, 15) is 19.5 Å².